The van der Waals surface area contributed by atoms with Crippen molar-refractivity contribution in [3.05, 3.63) is 12.7 Å². The Balaban J connectivity index is 2.70. The van der Waals surface area contributed by atoms with Crippen LogP contribution in [0.5, 0.6) is 0 Å². The highest BCUT2D eigenvalue weighted by molar-refractivity contribution is 5.91. The second-order valence-electron chi connectivity index (χ2n) is 2.79. The number of nitrogens with zero attached hydrogens (tertiary/aromatic N) is 4. The van der Waals surface area contributed by atoms with Gasteiger partial charge >= 0.3 is 0 Å². The van der Waals surface area contributed by atoms with E-state index in [1.807, 2.05) is 0 Å². The van der Waals surface area contributed by atoms with Gasteiger partial charge in [-0.1, -0.05) is 6.92 Å². The van der Waals surface area contributed by atoms with Crippen LogP contribution in [0.1, 0.15) is 18.1 Å². The number of carbonyl (C=O) groups is 1. The van der Waals surface area contributed by atoms with Crippen molar-refractivity contribution in [1.82, 2.24) is 19.5 Å². The summed E-state index contributed by atoms with van der Waals surface area (Å²) in [6.45, 7) is 1.78. The number of anilines is 1. The van der Waals surface area contributed by atoms with Crippen molar-refractivity contribution >= 4 is 22.9 Å². The van der Waals surface area contributed by atoms with Crippen LogP contribution in [0.2, 0.25) is 0 Å². The van der Waals surface area contributed by atoms with Gasteiger partial charge < -0.3 is 5.73 Å². The maximum absolute atomic E-state index is 11.4. The number of aromatic nitrogens is 4. The molecule has 2 aromatic heterocycles. The minimum atomic E-state index is -0.0643. The van der Waals surface area contributed by atoms with Crippen LogP contribution in [0, 0.1) is 0 Å². The quantitative estimate of drug-likeness (QED) is 0.707. The molecule has 14 heavy (non-hydrogen) atoms. The van der Waals surface area contributed by atoms with Gasteiger partial charge in [0.05, 0.1) is 0 Å². The molecule has 0 radical (unpaired) electrons. The second-order valence-corrected chi connectivity index (χ2v) is 2.79. The fourth-order valence-corrected chi connectivity index (χ4v) is 1.21. The third-order valence-corrected chi connectivity index (χ3v) is 1.93. The predicted octanol–water partition coefficient (Wildman–Crippen LogP) is 0.459. The Bertz CT molecular complexity index is 489. The third kappa shape index (κ3) is 1.12. The lowest BCUT2D eigenvalue weighted by atomic mass is 10.4. The van der Waals surface area contributed by atoms with E-state index >= 15 is 0 Å². The van der Waals surface area contributed by atoms with Crippen LogP contribution >= 0.6 is 0 Å². The van der Waals surface area contributed by atoms with Gasteiger partial charge in [-0.15, -0.1) is 0 Å². The zero-order valence-corrected chi connectivity index (χ0v) is 7.64. The van der Waals surface area contributed by atoms with E-state index < -0.39 is 0 Å². The van der Waals surface area contributed by atoms with Crippen molar-refractivity contribution in [3.8, 4) is 0 Å². The Morgan fingerprint density at radius 3 is 3.00 bits per heavy atom. The average Bonchev–Trinajstić information content (AvgIpc) is 2.62. The molecule has 6 heteroatoms. The fraction of sp³-hybridized carbons (Fsp3) is 0.250. The van der Waals surface area contributed by atoms with Crippen LogP contribution in [-0.4, -0.2) is 25.4 Å². The number of hydrogen-bond donors (Lipinski definition) is 1. The van der Waals surface area contributed by atoms with Gasteiger partial charge in [-0.25, -0.2) is 15.0 Å². The van der Waals surface area contributed by atoms with E-state index in [1.54, 1.807) is 6.92 Å². The Hall–Kier alpha value is -1.98. The molecule has 0 amide bonds. The monoisotopic (exact) mass is 191 g/mol. The molecule has 2 aromatic rings. The van der Waals surface area contributed by atoms with Gasteiger partial charge in [0, 0.05) is 6.42 Å². The number of imidazole rings is 1. The first kappa shape index (κ1) is 8.61. The molecule has 0 bridgehead atoms. The van der Waals surface area contributed by atoms with Gasteiger partial charge in [-0.2, -0.15) is 0 Å². The molecular formula is C8H9N5O. The zero-order valence-electron chi connectivity index (χ0n) is 7.64. The summed E-state index contributed by atoms with van der Waals surface area (Å²) in [5, 5.41) is 0. The fourth-order valence-electron chi connectivity index (χ4n) is 1.21. The van der Waals surface area contributed by atoms with Crippen molar-refractivity contribution in [1.29, 1.82) is 0 Å². The van der Waals surface area contributed by atoms with E-state index in [0.29, 0.717) is 17.6 Å². The zero-order chi connectivity index (χ0) is 10.1. The molecule has 0 atom stereocenters. The first-order valence-electron chi connectivity index (χ1n) is 4.20. The number of nitrogen functional groups attached to an aromatic ring is 1. The molecule has 0 aromatic carbocycles. The largest absolute Gasteiger partial charge is 0.382 e. The summed E-state index contributed by atoms with van der Waals surface area (Å²) in [6, 6.07) is 0. The first-order chi connectivity index (χ1) is 6.74. The third-order valence-electron chi connectivity index (χ3n) is 1.93. The molecule has 0 aliphatic heterocycles. The normalized spacial score (nSPS) is 10.6. The summed E-state index contributed by atoms with van der Waals surface area (Å²) in [5.41, 5.74) is 6.50. The predicted molar refractivity (Wildman–Crippen MR) is 50.7 cm³/mol. The molecule has 0 fully saturated rings. The van der Waals surface area contributed by atoms with Crippen LogP contribution < -0.4 is 5.73 Å². The molecule has 0 spiro atoms. The Kier molecular flexibility index (Phi) is 1.88. The van der Waals surface area contributed by atoms with Crippen molar-refractivity contribution in [2.45, 2.75) is 13.3 Å². The van der Waals surface area contributed by atoms with Crippen molar-refractivity contribution in [3.63, 3.8) is 0 Å². The van der Waals surface area contributed by atoms with Crippen LogP contribution in [0.25, 0.3) is 11.2 Å². The van der Waals surface area contributed by atoms with E-state index in [2.05, 4.69) is 15.0 Å². The van der Waals surface area contributed by atoms with Crippen molar-refractivity contribution in [2.75, 3.05) is 5.73 Å². The summed E-state index contributed by atoms with van der Waals surface area (Å²) in [7, 11) is 0. The Morgan fingerprint density at radius 1 is 1.50 bits per heavy atom. The summed E-state index contributed by atoms with van der Waals surface area (Å²) in [4.78, 5) is 23.1. The van der Waals surface area contributed by atoms with E-state index in [-0.39, 0.29) is 11.7 Å². The molecule has 0 aliphatic carbocycles. The molecule has 0 aliphatic rings. The maximum atomic E-state index is 11.4. The molecule has 2 heterocycles. The topological polar surface area (TPSA) is 86.7 Å². The van der Waals surface area contributed by atoms with E-state index in [0.717, 1.165) is 0 Å². The Labute approximate surface area is 79.8 Å². The lowest BCUT2D eigenvalue weighted by Gasteiger charge is -1.98. The van der Waals surface area contributed by atoms with Crippen LogP contribution in [0.4, 0.5) is 5.82 Å². The molecule has 0 saturated carbocycles. The van der Waals surface area contributed by atoms with Gasteiger partial charge in [0.2, 0.25) is 5.91 Å². The van der Waals surface area contributed by atoms with E-state index in [4.69, 9.17) is 5.73 Å². The molecule has 2 rings (SSSR count). The molecular weight excluding hydrogens is 182 g/mol. The van der Waals surface area contributed by atoms with Gasteiger partial charge in [0.15, 0.2) is 17.0 Å². The molecule has 6 nitrogen and oxygen atoms in total. The minimum Gasteiger partial charge on any atom is -0.382 e. The standard InChI is InChI=1S/C8H9N5O/c1-2-5(14)13-4-12-6-7(9)10-3-11-8(6)13/h3-4H,2H2,1H3,(H2,9,10,11). The smallest absolute Gasteiger partial charge is 0.233 e. The van der Waals surface area contributed by atoms with Crippen LogP contribution in [0.3, 0.4) is 0 Å². The van der Waals surface area contributed by atoms with Crippen molar-refractivity contribution < 1.29 is 4.79 Å². The lowest BCUT2D eigenvalue weighted by molar-refractivity contribution is 0.0913. The second kappa shape index (κ2) is 3.06. The summed E-state index contributed by atoms with van der Waals surface area (Å²) in [5.74, 6) is 0.225. The van der Waals surface area contributed by atoms with Crippen LogP contribution in [0.15, 0.2) is 12.7 Å². The number of hydrogen-bond acceptors (Lipinski definition) is 5. The minimum absolute atomic E-state index is 0.0643. The van der Waals surface area contributed by atoms with Gasteiger partial charge in [-0.05, 0) is 0 Å². The Morgan fingerprint density at radius 2 is 2.29 bits per heavy atom. The average molecular weight is 191 g/mol. The maximum Gasteiger partial charge on any atom is 0.233 e. The molecule has 0 saturated heterocycles. The number of rotatable bonds is 1. The van der Waals surface area contributed by atoms with Crippen molar-refractivity contribution in [2.24, 2.45) is 0 Å². The highest BCUT2D eigenvalue weighted by Crippen LogP contribution is 2.14. The highest BCUT2D eigenvalue weighted by atomic mass is 16.2. The summed E-state index contributed by atoms with van der Waals surface area (Å²) < 4.78 is 1.38. The van der Waals surface area contributed by atoms with Gasteiger partial charge in [-0.3, -0.25) is 9.36 Å². The summed E-state index contributed by atoms with van der Waals surface area (Å²) in [6.07, 6.45) is 3.13. The van der Waals surface area contributed by atoms with Gasteiger partial charge in [0.25, 0.3) is 0 Å². The SMILES string of the molecule is CCC(=O)n1cnc2c(N)ncnc21. The van der Waals surface area contributed by atoms with E-state index in [1.165, 1.54) is 17.2 Å². The molecule has 72 valence electrons. The lowest BCUT2D eigenvalue weighted by Crippen LogP contribution is -2.08. The van der Waals surface area contributed by atoms with Crippen LogP contribution in [-0.2, 0) is 0 Å². The molecule has 2 N–H and O–H groups in total. The number of nitrogens with two attached hydrogens (primary N) is 1. The first-order valence-corrected chi connectivity index (χ1v) is 4.20. The number of fused-ring (bicyclic) bond motifs is 1. The van der Waals surface area contributed by atoms with Gasteiger partial charge in [0.1, 0.15) is 12.7 Å². The highest BCUT2D eigenvalue weighted by Gasteiger charge is 2.11. The van der Waals surface area contributed by atoms with E-state index in [9.17, 15) is 4.79 Å². The summed E-state index contributed by atoms with van der Waals surface area (Å²) >= 11 is 0. The number of carbonyl (C=O) groups excluding carboxylic acids is 1. The molecule has 0 unspecified atom stereocenters.